The van der Waals surface area contributed by atoms with Crippen molar-refractivity contribution in [3.63, 3.8) is 0 Å². The summed E-state index contributed by atoms with van der Waals surface area (Å²) in [6, 6.07) is 2.98. The summed E-state index contributed by atoms with van der Waals surface area (Å²) in [5.41, 5.74) is 12.2. The summed E-state index contributed by atoms with van der Waals surface area (Å²) in [6.07, 6.45) is 0. The molecule has 2 rings (SSSR count). The van der Waals surface area contributed by atoms with E-state index in [2.05, 4.69) is 15.4 Å². The number of nitrogen functional groups attached to an aromatic ring is 1. The Morgan fingerprint density at radius 2 is 1.14 bits per heavy atom. The molecule has 0 aliphatic carbocycles. The molecule has 7 nitrogen and oxygen atoms in total. The van der Waals surface area contributed by atoms with Crippen molar-refractivity contribution in [2.75, 3.05) is 5.43 Å². The van der Waals surface area contributed by atoms with Crippen LogP contribution in [0.3, 0.4) is 0 Å². The highest BCUT2D eigenvalue weighted by Gasteiger charge is 1.99. The molecule has 0 saturated carbocycles. The van der Waals surface area contributed by atoms with Crippen LogP contribution < -0.4 is 11.3 Å². The summed E-state index contributed by atoms with van der Waals surface area (Å²) in [7, 11) is 0. The topological polar surface area (TPSA) is 143 Å². The number of nitrogens with two attached hydrogens (primary N) is 1. The molecule has 124 valence electrons. The third-order valence-electron chi connectivity index (χ3n) is 1.66. The van der Waals surface area contributed by atoms with Gasteiger partial charge >= 0.3 is 0 Å². The number of halogens is 5. The Labute approximate surface area is 122 Å². The highest BCUT2D eigenvalue weighted by atomic mass is 19.2. The molecule has 0 aliphatic heterocycles. The van der Waals surface area contributed by atoms with Gasteiger partial charge in [-0.05, 0) is 0 Å². The second-order valence-corrected chi connectivity index (χ2v) is 3.08. The molecule has 0 atom stereocenters. The fourth-order valence-electron chi connectivity index (χ4n) is 0.984. The summed E-state index contributed by atoms with van der Waals surface area (Å²) in [5.74, 6) is -0.164. The highest BCUT2D eigenvalue weighted by Crippen LogP contribution is 2.07. The van der Waals surface area contributed by atoms with Crippen LogP contribution in [0.2, 0.25) is 0 Å². The molecule has 0 aliphatic rings. The second kappa shape index (κ2) is 11.0. The predicted octanol–water partition coefficient (Wildman–Crippen LogP) is 2.16. The van der Waals surface area contributed by atoms with Crippen LogP contribution in [-0.4, -0.2) is 15.4 Å². The van der Waals surface area contributed by atoms with E-state index in [4.69, 9.17) is 16.9 Å². The van der Waals surface area contributed by atoms with Crippen LogP contribution in [-0.2, 0) is 0 Å². The van der Waals surface area contributed by atoms with Gasteiger partial charge in [-0.2, -0.15) is 27.5 Å². The molecule has 2 heterocycles. The fourth-order valence-corrected chi connectivity index (χ4v) is 0.984. The van der Waals surface area contributed by atoms with Gasteiger partial charge in [-0.1, -0.05) is 0 Å². The van der Waals surface area contributed by atoms with Crippen LogP contribution in [0.25, 0.3) is 0 Å². The van der Waals surface area contributed by atoms with Gasteiger partial charge in [0.25, 0.3) is 0 Å². The number of anilines is 1. The van der Waals surface area contributed by atoms with Crippen molar-refractivity contribution in [3.05, 3.63) is 53.9 Å². The lowest BCUT2D eigenvalue weighted by molar-refractivity contribution is 0.487. The van der Waals surface area contributed by atoms with Gasteiger partial charge in [0.05, 0.1) is 5.69 Å². The van der Waals surface area contributed by atoms with E-state index in [9.17, 15) is 22.0 Å². The first-order chi connectivity index (χ1) is 9.90. The van der Waals surface area contributed by atoms with E-state index in [1.807, 2.05) is 0 Å². The fraction of sp³-hybridized carbons (Fsp3) is 0. The van der Waals surface area contributed by atoms with Gasteiger partial charge in [0.2, 0.25) is 23.8 Å². The molecule has 22 heavy (non-hydrogen) atoms. The Hall–Kier alpha value is -2.73. The zero-order valence-corrected chi connectivity index (χ0v) is 10.7. The smallest absolute Gasteiger partial charge is 0.218 e. The Kier molecular flexibility index (Phi) is 10.8. The maximum Gasteiger partial charge on any atom is 0.218 e. The zero-order chi connectivity index (χ0) is 16.4. The number of pyridine rings is 2. The number of nitrogens with one attached hydrogen (secondary N) is 3. The van der Waals surface area contributed by atoms with Gasteiger partial charge in [-0.3, -0.25) is 5.84 Å². The number of hydrogen-bond donors (Lipinski definition) is 4. The monoisotopic (exact) mass is 328 g/mol. The molecule has 0 radical (unpaired) electrons. The van der Waals surface area contributed by atoms with Crippen molar-refractivity contribution < 1.29 is 28.9 Å². The van der Waals surface area contributed by atoms with Gasteiger partial charge < -0.3 is 10.9 Å². The minimum absolute atomic E-state index is 0. The molecule has 2 aromatic heterocycles. The van der Waals surface area contributed by atoms with E-state index in [1.54, 1.807) is 0 Å². The first-order valence-corrected chi connectivity index (χ1v) is 4.94. The van der Waals surface area contributed by atoms with E-state index in [-0.39, 0.29) is 12.6 Å². The van der Waals surface area contributed by atoms with Gasteiger partial charge in [0, 0.05) is 25.7 Å². The maximum atomic E-state index is 12.2. The molecule has 0 spiro atoms. The molecule has 2 aromatic rings. The van der Waals surface area contributed by atoms with Crippen molar-refractivity contribution in [1.29, 1.82) is 11.1 Å². The number of hydrogen-bond acceptors (Lipinski definition) is 6. The lowest BCUT2D eigenvalue weighted by Crippen LogP contribution is -2.07. The second-order valence-electron chi connectivity index (χ2n) is 3.08. The highest BCUT2D eigenvalue weighted by molar-refractivity contribution is 5.39. The van der Waals surface area contributed by atoms with E-state index in [0.717, 1.165) is 12.1 Å². The summed E-state index contributed by atoms with van der Waals surface area (Å²) in [6.45, 7) is 0. The van der Waals surface area contributed by atoms with Gasteiger partial charge in [0.1, 0.15) is 5.82 Å². The van der Waals surface area contributed by atoms with Crippen LogP contribution >= 0.6 is 0 Å². The number of hydrazine groups is 1. The molecular formula is C10H13F5N6O. The van der Waals surface area contributed by atoms with Crippen LogP contribution in [0.1, 0.15) is 1.43 Å². The van der Waals surface area contributed by atoms with Crippen LogP contribution in [0.15, 0.2) is 24.3 Å². The van der Waals surface area contributed by atoms with E-state index in [0.29, 0.717) is 12.1 Å². The molecule has 0 unspecified atom stereocenters. The molecule has 7 N–H and O–H groups in total. The largest absolute Gasteiger partial charge is 0.412 e. The summed E-state index contributed by atoms with van der Waals surface area (Å²) < 4.78 is 59.9. The number of aromatic nitrogens is 2. The van der Waals surface area contributed by atoms with E-state index in [1.165, 1.54) is 0 Å². The van der Waals surface area contributed by atoms with Crippen molar-refractivity contribution in [2.45, 2.75) is 0 Å². The molecule has 12 heteroatoms. The molecule has 0 aromatic carbocycles. The summed E-state index contributed by atoms with van der Waals surface area (Å²) in [5, 5.41) is 0. The van der Waals surface area contributed by atoms with E-state index >= 15 is 0 Å². The lowest BCUT2D eigenvalue weighted by Gasteiger charge is -1.97. The zero-order valence-electron chi connectivity index (χ0n) is 10.7. The molecular weight excluding hydrogens is 315 g/mol. The Morgan fingerprint density at radius 1 is 0.818 bits per heavy atom. The number of rotatable bonds is 1. The third-order valence-corrected chi connectivity index (χ3v) is 1.66. The van der Waals surface area contributed by atoms with Crippen molar-refractivity contribution in [2.24, 2.45) is 5.84 Å². The molecule has 0 fully saturated rings. The third kappa shape index (κ3) is 8.44. The quantitative estimate of drug-likeness (QED) is 0.209. The molecule has 0 saturated heterocycles. The van der Waals surface area contributed by atoms with Crippen molar-refractivity contribution in [3.8, 4) is 0 Å². The molecule has 0 amide bonds. The van der Waals surface area contributed by atoms with Gasteiger partial charge in [-0.15, -0.1) is 0 Å². The summed E-state index contributed by atoms with van der Waals surface area (Å²) in [4.78, 5) is 5.51. The minimum Gasteiger partial charge on any atom is -0.412 e. The predicted molar refractivity (Wildman–Crippen MR) is 67.2 cm³/mol. The Morgan fingerprint density at radius 3 is 1.41 bits per heavy atom. The maximum absolute atomic E-state index is 12.2. The molecule has 0 bridgehead atoms. The Balaban J connectivity index is -0.000000292. The van der Waals surface area contributed by atoms with E-state index < -0.39 is 29.6 Å². The van der Waals surface area contributed by atoms with Crippen LogP contribution in [0.4, 0.5) is 27.6 Å². The lowest BCUT2D eigenvalue weighted by atomic mass is 10.4. The first-order valence-electron chi connectivity index (χ1n) is 4.94. The van der Waals surface area contributed by atoms with Crippen LogP contribution in [0.5, 0.6) is 0 Å². The van der Waals surface area contributed by atoms with Crippen molar-refractivity contribution >= 4 is 5.69 Å². The summed E-state index contributed by atoms with van der Waals surface area (Å²) >= 11 is 0. The average Bonchev–Trinajstić information content (AvgIpc) is 2.39. The van der Waals surface area contributed by atoms with Gasteiger partial charge in [-0.25, -0.2) is 15.5 Å². The first kappa shape index (κ1) is 21.6. The normalized spacial score (nSPS) is 8.45. The SMILES string of the molecule is Fc1cc(F)nc(F)c1.N=N.NNc1cc(F)nc(F)c1.O.[HH]. The average molecular weight is 328 g/mol. The number of nitrogens with zero attached hydrogens (tertiary/aromatic N) is 2. The minimum atomic E-state index is -1.15. The van der Waals surface area contributed by atoms with Gasteiger partial charge in [0.15, 0.2) is 0 Å². The van der Waals surface area contributed by atoms with Crippen molar-refractivity contribution in [1.82, 2.24) is 9.97 Å². The van der Waals surface area contributed by atoms with Crippen LogP contribution in [0, 0.1) is 40.7 Å². The standard InChI is InChI=1S/C5H2F3N.C5H5F2N3.H2N2.H2O.H2/c6-3-1-4(7)9-5(8)2-3;6-4-1-3(10-8)2-5(7)9-4;1-2;;/h1-2H;1-2H,8H2,(H,9,10);1-2H;1H2;1H. The Bertz CT molecular complexity index is 523.